The van der Waals surface area contributed by atoms with Gasteiger partial charge in [-0.2, -0.15) is 33.7 Å². The highest BCUT2D eigenvalue weighted by atomic mass is 32.2. The second-order valence-corrected chi connectivity index (χ2v) is 17.2. The summed E-state index contributed by atoms with van der Waals surface area (Å²) in [4.78, 5) is -4.40. The number of benzene rings is 6. The Kier molecular flexibility index (Phi) is 10.5. The summed E-state index contributed by atoms with van der Waals surface area (Å²) in [5.74, 6) is 3.68. The summed E-state index contributed by atoms with van der Waals surface area (Å²) in [6.07, 6.45) is 0. The fourth-order valence-electron chi connectivity index (χ4n) is 5.64. The van der Waals surface area contributed by atoms with Crippen LogP contribution < -0.4 is 16.6 Å². The Hall–Kier alpha value is -6.16. The number of nitrogens with two attached hydrogens (primary N) is 1. The zero-order valence-electron chi connectivity index (χ0n) is 28.1. The van der Waals surface area contributed by atoms with Gasteiger partial charge in [-0.1, -0.05) is 30.3 Å². The number of nitrogen functional groups attached to an aromatic ring is 1. The lowest BCUT2D eigenvalue weighted by atomic mass is 10.0. The van der Waals surface area contributed by atoms with E-state index in [9.17, 15) is 62.1 Å². The first-order valence-corrected chi connectivity index (χ1v) is 21.1. The minimum atomic E-state index is -5.51. The predicted molar refractivity (Wildman–Crippen MR) is 203 cm³/mol. The van der Waals surface area contributed by atoms with E-state index in [4.69, 9.17) is 5.84 Å². The Labute approximate surface area is 321 Å². The van der Waals surface area contributed by atoms with Crippen LogP contribution in [0, 0.1) is 0 Å². The summed E-state index contributed by atoms with van der Waals surface area (Å²) in [7, 11) is -21.1. The molecule has 0 atom stereocenters. The summed E-state index contributed by atoms with van der Waals surface area (Å²) in [5, 5.41) is 38.4. The van der Waals surface area contributed by atoms with E-state index in [-0.39, 0.29) is 16.5 Å². The van der Waals surface area contributed by atoms with E-state index in [0.717, 1.165) is 30.3 Å². The van der Waals surface area contributed by atoms with Crippen molar-refractivity contribution in [1.29, 1.82) is 0 Å². The van der Waals surface area contributed by atoms with Crippen molar-refractivity contribution in [1.82, 2.24) is 0 Å². The number of nitrogens with zero attached hydrogens (tertiary/aromatic N) is 4. The largest absolute Gasteiger partial charge is 0.505 e. The zero-order valence-corrected chi connectivity index (χ0v) is 31.4. The van der Waals surface area contributed by atoms with E-state index in [1.54, 1.807) is 30.3 Å². The summed E-state index contributed by atoms with van der Waals surface area (Å²) in [6, 6.07) is 19.0. The van der Waals surface area contributed by atoms with E-state index in [1.807, 2.05) is 0 Å². The van der Waals surface area contributed by atoms with Crippen molar-refractivity contribution in [3.05, 3.63) is 91.0 Å². The monoisotopic (exact) mass is 859 g/mol. The van der Waals surface area contributed by atoms with Gasteiger partial charge < -0.3 is 21.0 Å². The van der Waals surface area contributed by atoms with Gasteiger partial charge in [-0.05, 0) is 60.7 Å². The average molecular weight is 860 g/mol. The first-order valence-electron chi connectivity index (χ1n) is 15.4. The molecule has 0 spiro atoms. The molecule has 0 unspecified atom stereocenters. The highest BCUT2D eigenvalue weighted by molar-refractivity contribution is 7.87. The molecular formula is C32H25N7O14S4. The van der Waals surface area contributed by atoms with Crippen molar-refractivity contribution in [3.63, 3.8) is 0 Å². The van der Waals surface area contributed by atoms with Gasteiger partial charge in [0.2, 0.25) is 0 Å². The number of anilines is 3. The van der Waals surface area contributed by atoms with Crippen molar-refractivity contribution in [2.45, 2.75) is 19.6 Å². The van der Waals surface area contributed by atoms with Crippen LogP contribution in [0.25, 0.3) is 21.5 Å². The zero-order chi connectivity index (χ0) is 41.7. The van der Waals surface area contributed by atoms with E-state index < -0.39 is 105 Å². The number of rotatable bonds is 11. The quantitative estimate of drug-likeness (QED) is 0.0301. The third-order valence-corrected chi connectivity index (χ3v) is 11.6. The van der Waals surface area contributed by atoms with Crippen LogP contribution in [0.15, 0.2) is 131 Å². The minimum absolute atomic E-state index is 0.0468. The van der Waals surface area contributed by atoms with Crippen molar-refractivity contribution in [2.75, 3.05) is 10.7 Å². The predicted octanol–water partition coefficient (Wildman–Crippen LogP) is 6.25. The Morgan fingerprint density at radius 2 is 0.982 bits per heavy atom. The fourth-order valence-corrected chi connectivity index (χ4v) is 8.38. The number of fused-ring (bicyclic) bond motifs is 2. The number of hydrazine groups is 1. The molecule has 0 heterocycles. The summed E-state index contributed by atoms with van der Waals surface area (Å²) in [6.45, 7) is 0. The lowest BCUT2D eigenvalue weighted by Crippen LogP contribution is -2.10. The molecule has 0 aromatic heterocycles. The third-order valence-electron chi connectivity index (χ3n) is 8.07. The minimum Gasteiger partial charge on any atom is -0.505 e. The second kappa shape index (κ2) is 14.7. The molecule has 25 heteroatoms. The van der Waals surface area contributed by atoms with Crippen LogP contribution in [-0.2, 0) is 40.5 Å². The van der Waals surface area contributed by atoms with Gasteiger partial charge in [-0.25, -0.2) is 0 Å². The van der Waals surface area contributed by atoms with Crippen molar-refractivity contribution in [3.8, 4) is 11.5 Å². The van der Waals surface area contributed by atoms with E-state index >= 15 is 0 Å². The van der Waals surface area contributed by atoms with Crippen LogP contribution in [0.3, 0.4) is 0 Å². The number of azo groups is 2. The first kappa shape index (κ1) is 40.5. The molecular weight excluding hydrogens is 835 g/mol. The van der Waals surface area contributed by atoms with Crippen LogP contribution in [0.4, 0.5) is 39.8 Å². The van der Waals surface area contributed by atoms with E-state index in [2.05, 4.69) is 31.2 Å². The number of phenolic OH excluding ortho intramolecular Hbond substituents is 2. The molecule has 0 amide bonds. The van der Waals surface area contributed by atoms with Gasteiger partial charge in [-0.3, -0.25) is 24.1 Å². The maximum atomic E-state index is 12.8. The van der Waals surface area contributed by atoms with Crippen molar-refractivity contribution in [2.24, 2.45) is 26.3 Å². The first-order chi connectivity index (χ1) is 26.6. The lowest BCUT2D eigenvalue weighted by Gasteiger charge is -2.17. The standard InChI is InChI=1S/C32H25N7O14S4/c33-35-27-19-14-25(55(45,46)47)28(30(40)17(19)10-12-22(27)34-16-6-2-1-3-7-16)39-37-23-13-11-18-20(32(23)57(51,52)53)15-26(56(48,49)50)29(31(18)41)38-36-21-8-4-5-9-24(21)54(42,43)44/h1-15,34-35,40-41H,33H2,(H,42,43,44)(H,45,46,47)(H,48,49,50)(H,51,52,53). The number of nitrogens with one attached hydrogen (secondary N) is 2. The number of hydrogen-bond donors (Lipinski definition) is 9. The Balaban J connectivity index is 1.56. The summed E-state index contributed by atoms with van der Waals surface area (Å²) >= 11 is 0. The fraction of sp³-hybridized carbons (Fsp3) is 0. The topological polar surface area (TPSA) is 357 Å². The van der Waals surface area contributed by atoms with Gasteiger partial charge in [0.05, 0.1) is 11.4 Å². The molecule has 6 aromatic carbocycles. The van der Waals surface area contributed by atoms with Gasteiger partial charge in [0.1, 0.15) is 42.3 Å². The maximum absolute atomic E-state index is 12.8. The smallest absolute Gasteiger partial charge is 0.297 e. The number of hydrogen-bond acceptors (Lipinski definition) is 17. The normalized spacial score (nSPS) is 12.9. The Morgan fingerprint density at radius 1 is 0.491 bits per heavy atom. The molecule has 0 aliphatic heterocycles. The number of aromatic hydroxyl groups is 2. The Morgan fingerprint density at radius 3 is 1.53 bits per heavy atom. The Bertz CT molecular complexity index is 3160. The molecule has 0 aliphatic carbocycles. The van der Waals surface area contributed by atoms with Crippen LogP contribution in [0.2, 0.25) is 0 Å². The maximum Gasteiger partial charge on any atom is 0.297 e. The van der Waals surface area contributed by atoms with Crippen molar-refractivity contribution < 1.29 is 62.1 Å². The lowest BCUT2D eigenvalue weighted by molar-refractivity contribution is 0.471. The summed E-state index contributed by atoms with van der Waals surface area (Å²) < 4.78 is 139. The van der Waals surface area contributed by atoms with Crippen LogP contribution in [-0.4, -0.2) is 62.1 Å². The number of para-hydroxylation sites is 1. The third kappa shape index (κ3) is 8.08. The van der Waals surface area contributed by atoms with E-state index in [0.29, 0.717) is 17.4 Å². The van der Waals surface area contributed by atoms with E-state index in [1.165, 1.54) is 24.3 Å². The molecule has 10 N–H and O–H groups in total. The SMILES string of the molecule is NNc1c(Nc2ccccc2)ccc2c(O)c(N=Nc3ccc4c(O)c(N=Nc5ccccc5S(=O)(=O)O)c(S(=O)(=O)O)cc4c3S(=O)(=O)O)c(S(=O)(=O)O)cc12. The molecule has 6 rings (SSSR count). The number of phenols is 2. The molecule has 0 saturated heterocycles. The molecule has 21 nitrogen and oxygen atoms in total. The molecule has 296 valence electrons. The van der Waals surface area contributed by atoms with Gasteiger partial charge in [0.25, 0.3) is 40.5 Å². The van der Waals surface area contributed by atoms with Crippen molar-refractivity contribution >= 4 is 102 Å². The van der Waals surface area contributed by atoms with Gasteiger partial charge in [0, 0.05) is 27.2 Å². The van der Waals surface area contributed by atoms with Crippen LogP contribution >= 0.6 is 0 Å². The van der Waals surface area contributed by atoms with Gasteiger partial charge >= 0.3 is 0 Å². The van der Waals surface area contributed by atoms with Gasteiger partial charge in [0.15, 0.2) is 11.5 Å². The molecule has 0 saturated carbocycles. The highest BCUT2D eigenvalue weighted by Crippen LogP contribution is 2.48. The van der Waals surface area contributed by atoms with Crippen LogP contribution in [0.5, 0.6) is 11.5 Å². The molecule has 0 fully saturated rings. The molecule has 0 radical (unpaired) electrons. The van der Waals surface area contributed by atoms with Crippen LogP contribution in [0.1, 0.15) is 0 Å². The average Bonchev–Trinajstić information content (AvgIpc) is 3.12. The molecule has 0 aliphatic rings. The highest BCUT2D eigenvalue weighted by Gasteiger charge is 2.29. The summed E-state index contributed by atoms with van der Waals surface area (Å²) in [5.41, 5.74) is -0.00616. The molecule has 0 bridgehead atoms. The second-order valence-electron chi connectivity index (χ2n) is 11.6. The molecule has 6 aromatic rings. The molecule has 57 heavy (non-hydrogen) atoms. The van der Waals surface area contributed by atoms with Gasteiger partial charge in [-0.15, -0.1) is 20.5 Å².